The SMILES string of the molecule is Cl.O=C(CN1CCN(c2ccc(Cl)cc2)CC1)Nc1cccc(Cl)c1. The van der Waals surface area contributed by atoms with Crippen LogP contribution in [0.2, 0.25) is 10.0 Å². The Hall–Kier alpha value is -1.46. The molecule has 0 aliphatic carbocycles. The van der Waals surface area contributed by atoms with Gasteiger partial charge in [-0.3, -0.25) is 9.69 Å². The summed E-state index contributed by atoms with van der Waals surface area (Å²) in [6.45, 7) is 3.89. The van der Waals surface area contributed by atoms with Crippen LogP contribution in [0, 0.1) is 0 Å². The van der Waals surface area contributed by atoms with Gasteiger partial charge in [-0.1, -0.05) is 29.3 Å². The molecule has 25 heavy (non-hydrogen) atoms. The number of carbonyl (C=O) groups is 1. The second-order valence-electron chi connectivity index (χ2n) is 5.80. The molecule has 1 amide bonds. The minimum Gasteiger partial charge on any atom is -0.369 e. The maximum absolute atomic E-state index is 12.2. The second kappa shape index (κ2) is 9.30. The number of carbonyl (C=O) groups excluding carboxylic acids is 1. The largest absolute Gasteiger partial charge is 0.369 e. The summed E-state index contributed by atoms with van der Waals surface area (Å²) in [6, 6.07) is 15.1. The fourth-order valence-corrected chi connectivity index (χ4v) is 3.10. The van der Waals surface area contributed by atoms with Gasteiger partial charge in [0.1, 0.15) is 0 Å². The van der Waals surface area contributed by atoms with Crippen LogP contribution in [0.25, 0.3) is 0 Å². The fraction of sp³-hybridized carbons (Fsp3) is 0.278. The quantitative estimate of drug-likeness (QED) is 0.836. The summed E-state index contributed by atoms with van der Waals surface area (Å²) in [6.07, 6.45) is 0. The molecular weight excluding hydrogens is 381 g/mol. The van der Waals surface area contributed by atoms with Crippen molar-refractivity contribution in [2.24, 2.45) is 0 Å². The lowest BCUT2D eigenvalue weighted by Gasteiger charge is -2.35. The predicted octanol–water partition coefficient (Wildman–Crippen LogP) is 4.18. The van der Waals surface area contributed by atoms with Gasteiger partial charge in [-0.05, 0) is 42.5 Å². The molecule has 1 fully saturated rings. The van der Waals surface area contributed by atoms with Gasteiger partial charge in [-0.25, -0.2) is 0 Å². The average Bonchev–Trinajstić information content (AvgIpc) is 2.56. The Labute approximate surface area is 164 Å². The van der Waals surface area contributed by atoms with Crippen molar-refractivity contribution in [2.45, 2.75) is 0 Å². The minimum absolute atomic E-state index is 0. The first-order valence-electron chi connectivity index (χ1n) is 7.88. The van der Waals surface area contributed by atoms with Crippen LogP contribution in [-0.4, -0.2) is 43.5 Å². The Balaban J connectivity index is 0.00000225. The second-order valence-corrected chi connectivity index (χ2v) is 6.67. The highest BCUT2D eigenvalue weighted by atomic mass is 35.5. The molecule has 1 N–H and O–H groups in total. The van der Waals surface area contributed by atoms with E-state index in [-0.39, 0.29) is 18.3 Å². The summed E-state index contributed by atoms with van der Waals surface area (Å²) >= 11 is 11.9. The third kappa shape index (κ3) is 5.79. The molecule has 7 heteroatoms. The van der Waals surface area contributed by atoms with E-state index in [2.05, 4.69) is 15.1 Å². The molecule has 2 aromatic carbocycles. The molecule has 1 saturated heterocycles. The molecule has 1 aliphatic rings. The van der Waals surface area contributed by atoms with Gasteiger partial charge in [0.15, 0.2) is 0 Å². The monoisotopic (exact) mass is 399 g/mol. The number of anilines is 2. The van der Waals surface area contributed by atoms with Crippen LogP contribution in [0.15, 0.2) is 48.5 Å². The highest BCUT2D eigenvalue weighted by Crippen LogP contribution is 2.19. The zero-order chi connectivity index (χ0) is 16.9. The summed E-state index contributed by atoms with van der Waals surface area (Å²) in [5.74, 6) is -0.0165. The van der Waals surface area contributed by atoms with Gasteiger partial charge in [-0.15, -0.1) is 12.4 Å². The first-order chi connectivity index (χ1) is 11.6. The van der Waals surface area contributed by atoms with E-state index in [1.807, 2.05) is 36.4 Å². The molecule has 1 aliphatic heterocycles. The predicted molar refractivity (Wildman–Crippen MR) is 107 cm³/mol. The standard InChI is InChI=1S/C18H19Cl2N3O.ClH/c19-14-4-6-17(7-5-14)23-10-8-22(9-11-23)13-18(24)21-16-3-1-2-15(20)12-16;/h1-7,12H,8-11,13H2,(H,21,24);1H. The van der Waals surface area contributed by atoms with Crippen molar-refractivity contribution >= 4 is 52.9 Å². The van der Waals surface area contributed by atoms with Crippen LogP contribution >= 0.6 is 35.6 Å². The Bertz CT molecular complexity index is 701. The Morgan fingerprint density at radius 1 is 0.960 bits per heavy atom. The number of hydrogen-bond donors (Lipinski definition) is 1. The lowest BCUT2D eigenvalue weighted by molar-refractivity contribution is -0.117. The summed E-state index contributed by atoms with van der Waals surface area (Å²) in [7, 11) is 0. The molecule has 3 rings (SSSR count). The number of nitrogens with zero attached hydrogens (tertiary/aromatic N) is 2. The molecule has 134 valence electrons. The number of nitrogens with one attached hydrogen (secondary N) is 1. The Morgan fingerprint density at radius 2 is 1.64 bits per heavy atom. The molecule has 4 nitrogen and oxygen atoms in total. The van der Waals surface area contributed by atoms with Gasteiger partial charge < -0.3 is 10.2 Å². The summed E-state index contributed by atoms with van der Waals surface area (Å²) in [5.41, 5.74) is 1.90. The van der Waals surface area contributed by atoms with Gasteiger partial charge in [0.2, 0.25) is 5.91 Å². The summed E-state index contributed by atoms with van der Waals surface area (Å²) in [5, 5.41) is 4.25. The number of hydrogen-bond acceptors (Lipinski definition) is 3. The summed E-state index contributed by atoms with van der Waals surface area (Å²) in [4.78, 5) is 16.6. The molecule has 0 atom stereocenters. The van der Waals surface area contributed by atoms with E-state index in [9.17, 15) is 4.79 Å². The van der Waals surface area contributed by atoms with Crippen LogP contribution in [0.3, 0.4) is 0 Å². The van der Waals surface area contributed by atoms with Gasteiger partial charge in [0, 0.05) is 47.6 Å². The number of halogens is 3. The zero-order valence-corrected chi connectivity index (χ0v) is 15.9. The summed E-state index contributed by atoms with van der Waals surface area (Å²) < 4.78 is 0. The lowest BCUT2D eigenvalue weighted by atomic mass is 10.2. The lowest BCUT2D eigenvalue weighted by Crippen LogP contribution is -2.48. The molecule has 0 unspecified atom stereocenters. The molecule has 0 aromatic heterocycles. The van der Waals surface area contributed by atoms with Crippen molar-refractivity contribution in [1.82, 2.24) is 4.90 Å². The normalized spacial score (nSPS) is 14.7. The zero-order valence-electron chi connectivity index (χ0n) is 13.6. The number of benzene rings is 2. The van der Waals surface area contributed by atoms with Crippen molar-refractivity contribution in [3.63, 3.8) is 0 Å². The van der Waals surface area contributed by atoms with Crippen LogP contribution in [0.1, 0.15) is 0 Å². The molecule has 0 bridgehead atoms. The number of piperazine rings is 1. The Morgan fingerprint density at radius 3 is 2.28 bits per heavy atom. The van der Waals surface area contributed by atoms with Gasteiger partial charge >= 0.3 is 0 Å². The van der Waals surface area contributed by atoms with Crippen molar-refractivity contribution in [3.05, 3.63) is 58.6 Å². The Kier molecular flexibility index (Phi) is 7.38. The van der Waals surface area contributed by atoms with E-state index < -0.39 is 0 Å². The third-order valence-corrected chi connectivity index (χ3v) is 4.53. The highest BCUT2D eigenvalue weighted by molar-refractivity contribution is 6.31. The smallest absolute Gasteiger partial charge is 0.238 e. The van der Waals surface area contributed by atoms with Crippen molar-refractivity contribution in [1.29, 1.82) is 0 Å². The first kappa shape index (κ1) is 19.9. The number of amides is 1. The molecule has 0 spiro atoms. The topological polar surface area (TPSA) is 35.6 Å². The van der Waals surface area contributed by atoms with Crippen molar-refractivity contribution in [2.75, 3.05) is 42.9 Å². The maximum Gasteiger partial charge on any atom is 0.238 e. The molecule has 2 aromatic rings. The molecule has 1 heterocycles. The molecular formula is C18H20Cl3N3O. The molecule has 0 saturated carbocycles. The van der Waals surface area contributed by atoms with Gasteiger partial charge in [0.25, 0.3) is 0 Å². The van der Waals surface area contributed by atoms with Crippen molar-refractivity contribution < 1.29 is 4.79 Å². The van der Waals surface area contributed by atoms with E-state index in [1.54, 1.807) is 12.1 Å². The first-order valence-corrected chi connectivity index (χ1v) is 8.64. The van der Waals surface area contributed by atoms with Crippen molar-refractivity contribution in [3.8, 4) is 0 Å². The van der Waals surface area contributed by atoms with E-state index in [0.717, 1.165) is 36.9 Å². The minimum atomic E-state index is -0.0165. The van der Waals surface area contributed by atoms with Crippen LogP contribution in [-0.2, 0) is 4.79 Å². The van der Waals surface area contributed by atoms with E-state index in [4.69, 9.17) is 23.2 Å². The van der Waals surface area contributed by atoms with Gasteiger partial charge in [-0.2, -0.15) is 0 Å². The third-order valence-electron chi connectivity index (χ3n) is 4.04. The van der Waals surface area contributed by atoms with Crippen LogP contribution < -0.4 is 10.2 Å². The van der Waals surface area contributed by atoms with E-state index in [0.29, 0.717) is 11.6 Å². The molecule has 0 radical (unpaired) electrons. The fourth-order valence-electron chi connectivity index (χ4n) is 2.79. The van der Waals surface area contributed by atoms with E-state index in [1.165, 1.54) is 5.69 Å². The van der Waals surface area contributed by atoms with Gasteiger partial charge in [0.05, 0.1) is 6.54 Å². The van der Waals surface area contributed by atoms with E-state index >= 15 is 0 Å². The highest BCUT2D eigenvalue weighted by Gasteiger charge is 2.19. The van der Waals surface area contributed by atoms with Crippen LogP contribution in [0.4, 0.5) is 11.4 Å². The number of rotatable bonds is 4. The maximum atomic E-state index is 12.2. The average molecular weight is 401 g/mol. The van der Waals surface area contributed by atoms with Crippen LogP contribution in [0.5, 0.6) is 0 Å².